The summed E-state index contributed by atoms with van der Waals surface area (Å²) in [4.78, 5) is 3.74. The third-order valence-electron chi connectivity index (χ3n) is 2.10. The molecule has 0 fully saturated rings. The van der Waals surface area contributed by atoms with E-state index in [1.807, 2.05) is 27.7 Å². The van der Waals surface area contributed by atoms with Gasteiger partial charge in [-0.3, -0.25) is 0 Å². The van der Waals surface area contributed by atoms with E-state index < -0.39 is 11.7 Å². The molecule has 0 saturated carbocycles. The van der Waals surface area contributed by atoms with Gasteiger partial charge in [-0.25, -0.2) is 4.98 Å². The molecule has 0 aliphatic heterocycles. The monoisotopic (exact) mass is 295 g/mol. The molecule has 2 nitrogen and oxygen atoms in total. The van der Waals surface area contributed by atoms with Crippen molar-refractivity contribution in [2.45, 2.75) is 38.9 Å². The Morgan fingerprint density at radius 1 is 1.21 bits per heavy atom. The molecule has 1 aromatic rings. The number of hydrogen-bond acceptors (Lipinski definition) is 3. The maximum atomic E-state index is 12.3. The number of rotatable bonds is 4. The molecule has 110 valence electrons. The average Bonchev–Trinajstić information content (AvgIpc) is 2.38. The Morgan fingerprint density at radius 3 is 2.16 bits per heavy atom. The second-order valence-electron chi connectivity index (χ2n) is 4.49. The van der Waals surface area contributed by atoms with Crippen molar-refractivity contribution in [1.82, 2.24) is 4.98 Å². The fourth-order valence-corrected chi connectivity index (χ4v) is 1.87. The van der Waals surface area contributed by atoms with Gasteiger partial charge in [-0.05, 0) is 17.5 Å². The van der Waals surface area contributed by atoms with Gasteiger partial charge in [0.1, 0.15) is 0 Å². The zero-order chi connectivity index (χ0) is 15.1. The van der Waals surface area contributed by atoms with Gasteiger partial charge < -0.3 is 5.11 Å². The molecular formula is C13H20F3NOS. The first-order valence-corrected chi connectivity index (χ1v) is 7.00. The summed E-state index contributed by atoms with van der Waals surface area (Å²) in [6.45, 7) is 7.79. The van der Waals surface area contributed by atoms with E-state index in [1.165, 1.54) is 17.8 Å². The fraction of sp³-hybridized carbons (Fsp3) is 0.615. The topological polar surface area (TPSA) is 33.1 Å². The summed E-state index contributed by atoms with van der Waals surface area (Å²) in [6.07, 6.45) is -3.52. The van der Waals surface area contributed by atoms with Crippen LogP contribution in [0.1, 0.15) is 33.3 Å². The Hall–Kier alpha value is -0.750. The van der Waals surface area contributed by atoms with Gasteiger partial charge in [-0.15, -0.1) is 11.8 Å². The normalized spacial score (nSPS) is 11.8. The van der Waals surface area contributed by atoms with E-state index in [0.29, 0.717) is 10.8 Å². The Morgan fingerprint density at radius 2 is 1.79 bits per heavy atom. The number of alkyl halides is 3. The van der Waals surface area contributed by atoms with Crippen molar-refractivity contribution in [3.63, 3.8) is 0 Å². The first-order chi connectivity index (χ1) is 8.74. The van der Waals surface area contributed by atoms with Crippen LogP contribution in [0.15, 0.2) is 23.4 Å². The quantitative estimate of drug-likeness (QED) is 0.844. The molecular weight excluding hydrogens is 275 g/mol. The van der Waals surface area contributed by atoms with Gasteiger partial charge in [0.2, 0.25) is 0 Å². The minimum atomic E-state index is -4.35. The number of nitrogens with zero attached hydrogens (tertiary/aromatic N) is 1. The molecule has 19 heavy (non-hydrogen) atoms. The molecule has 0 aliphatic carbocycles. The van der Waals surface area contributed by atoms with Crippen molar-refractivity contribution in [2.24, 2.45) is 5.41 Å². The zero-order valence-electron chi connectivity index (χ0n) is 11.6. The van der Waals surface area contributed by atoms with E-state index in [9.17, 15) is 13.2 Å². The maximum Gasteiger partial charge on any atom is 0.417 e. The molecule has 1 rings (SSSR count). The molecule has 1 heterocycles. The summed E-state index contributed by atoms with van der Waals surface area (Å²) in [5.74, 6) is 0.599. The molecule has 0 atom stereocenters. The second kappa shape index (κ2) is 7.75. The molecule has 0 aromatic carbocycles. The maximum absolute atomic E-state index is 12.3. The number of aliphatic hydroxyl groups excluding tert-OH is 1. The zero-order valence-corrected chi connectivity index (χ0v) is 12.4. The van der Waals surface area contributed by atoms with Crippen LogP contribution in [0, 0.1) is 5.41 Å². The van der Waals surface area contributed by atoms with Crippen LogP contribution in [0.5, 0.6) is 0 Å². The molecule has 0 aliphatic rings. The van der Waals surface area contributed by atoms with Crippen molar-refractivity contribution < 1.29 is 18.3 Å². The molecule has 0 radical (unpaired) electrons. The predicted molar refractivity (Wildman–Crippen MR) is 72.2 cm³/mol. The van der Waals surface area contributed by atoms with Crippen molar-refractivity contribution >= 4 is 11.8 Å². The number of aromatic nitrogens is 1. The standard InChI is InChI=1S/C11H14F3NOS.C2H6/c1-10(2,6-16)7-17-9-4-3-8(5-15-9)11(12,13)14;1-2/h3-5,16H,6-7H2,1-2H3;1-2H3. The Kier molecular flexibility index (Phi) is 7.44. The lowest BCUT2D eigenvalue weighted by atomic mass is 9.98. The molecule has 0 amide bonds. The van der Waals surface area contributed by atoms with Crippen LogP contribution < -0.4 is 0 Å². The summed E-state index contributed by atoms with van der Waals surface area (Å²) in [7, 11) is 0. The Balaban J connectivity index is 0.00000154. The highest BCUT2D eigenvalue weighted by Gasteiger charge is 2.30. The van der Waals surface area contributed by atoms with Crippen LogP contribution in [0.4, 0.5) is 13.2 Å². The lowest BCUT2D eigenvalue weighted by molar-refractivity contribution is -0.137. The number of pyridine rings is 1. The average molecular weight is 295 g/mol. The lowest BCUT2D eigenvalue weighted by Crippen LogP contribution is -2.19. The van der Waals surface area contributed by atoms with Gasteiger partial charge in [0, 0.05) is 18.6 Å². The van der Waals surface area contributed by atoms with E-state index in [4.69, 9.17) is 5.11 Å². The van der Waals surface area contributed by atoms with Crippen LogP contribution in [-0.2, 0) is 6.18 Å². The minimum Gasteiger partial charge on any atom is -0.396 e. The SMILES string of the molecule is CC.CC(C)(CO)CSc1ccc(C(F)(F)F)cn1. The highest BCUT2D eigenvalue weighted by Crippen LogP contribution is 2.31. The summed E-state index contributed by atoms with van der Waals surface area (Å²) in [5.41, 5.74) is -1.02. The molecule has 0 spiro atoms. The lowest BCUT2D eigenvalue weighted by Gasteiger charge is -2.20. The molecule has 1 N–H and O–H groups in total. The molecule has 0 saturated heterocycles. The Labute approximate surface area is 116 Å². The summed E-state index contributed by atoms with van der Waals surface area (Å²) in [5, 5.41) is 9.57. The third-order valence-corrected chi connectivity index (χ3v) is 3.57. The number of hydrogen-bond donors (Lipinski definition) is 1. The van der Waals surface area contributed by atoms with Crippen LogP contribution in [0.3, 0.4) is 0 Å². The second-order valence-corrected chi connectivity index (χ2v) is 5.49. The van der Waals surface area contributed by atoms with E-state index >= 15 is 0 Å². The van der Waals surface area contributed by atoms with Gasteiger partial charge in [0.05, 0.1) is 10.6 Å². The highest BCUT2D eigenvalue weighted by atomic mass is 32.2. The van der Waals surface area contributed by atoms with Crippen LogP contribution in [0.2, 0.25) is 0 Å². The highest BCUT2D eigenvalue weighted by molar-refractivity contribution is 7.99. The van der Waals surface area contributed by atoms with E-state index in [-0.39, 0.29) is 12.0 Å². The van der Waals surface area contributed by atoms with Crippen LogP contribution >= 0.6 is 11.8 Å². The minimum absolute atomic E-state index is 0.0284. The first-order valence-electron chi connectivity index (χ1n) is 6.01. The van der Waals surface area contributed by atoms with Crippen molar-refractivity contribution in [2.75, 3.05) is 12.4 Å². The van der Waals surface area contributed by atoms with Gasteiger partial charge in [0.15, 0.2) is 0 Å². The van der Waals surface area contributed by atoms with Gasteiger partial charge in [-0.1, -0.05) is 27.7 Å². The summed E-state index contributed by atoms with van der Waals surface area (Å²) >= 11 is 1.33. The third kappa shape index (κ3) is 6.82. The molecule has 1 aromatic heterocycles. The van der Waals surface area contributed by atoms with E-state index in [0.717, 1.165) is 12.3 Å². The number of halogens is 3. The Bertz CT molecular complexity index is 363. The fourth-order valence-electron chi connectivity index (χ4n) is 0.948. The smallest absolute Gasteiger partial charge is 0.396 e. The van der Waals surface area contributed by atoms with Crippen molar-refractivity contribution in [3.8, 4) is 0 Å². The predicted octanol–water partition coefficient (Wildman–Crippen LogP) is 4.24. The van der Waals surface area contributed by atoms with Crippen LogP contribution in [-0.4, -0.2) is 22.5 Å². The van der Waals surface area contributed by atoms with Gasteiger partial charge >= 0.3 is 6.18 Å². The van der Waals surface area contributed by atoms with Crippen molar-refractivity contribution in [1.29, 1.82) is 0 Å². The van der Waals surface area contributed by atoms with Crippen molar-refractivity contribution in [3.05, 3.63) is 23.9 Å². The van der Waals surface area contributed by atoms with E-state index in [1.54, 1.807) is 0 Å². The molecule has 0 unspecified atom stereocenters. The largest absolute Gasteiger partial charge is 0.417 e. The van der Waals surface area contributed by atoms with Gasteiger partial charge in [-0.2, -0.15) is 13.2 Å². The van der Waals surface area contributed by atoms with E-state index in [2.05, 4.69) is 4.98 Å². The molecule has 0 bridgehead atoms. The number of thioether (sulfide) groups is 1. The number of aliphatic hydroxyl groups is 1. The first kappa shape index (κ1) is 18.2. The molecule has 6 heteroatoms. The summed E-state index contributed by atoms with van der Waals surface area (Å²) < 4.78 is 36.8. The summed E-state index contributed by atoms with van der Waals surface area (Å²) in [6, 6.07) is 2.36. The van der Waals surface area contributed by atoms with Crippen LogP contribution in [0.25, 0.3) is 0 Å². The van der Waals surface area contributed by atoms with Gasteiger partial charge in [0.25, 0.3) is 0 Å².